The van der Waals surface area contributed by atoms with Gasteiger partial charge in [0, 0.05) is 30.8 Å². The van der Waals surface area contributed by atoms with E-state index in [-0.39, 0.29) is 29.2 Å². The predicted molar refractivity (Wildman–Crippen MR) is 127 cm³/mol. The lowest BCUT2D eigenvalue weighted by Crippen LogP contribution is -2.41. The largest absolute Gasteiger partial charge is 0.497 e. The summed E-state index contributed by atoms with van der Waals surface area (Å²) < 4.78 is 11.8. The highest BCUT2D eigenvalue weighted by Gasteiger charge is 2.30. The quantitative estimate of drug-likeness (QED) is 0.287. The number of aromatic nitrogens is 2. The van der Waals surface area contributed by atoms with Gasteiger partial charge in [-0.1, -0.05) is 6.07 Å². The van der Waals surface area contributed by atoms with Gasteiger partial charge in [-0.05, 0) is 56.2 Å². The predicted octanol–water partition coefficient (Wildman–Crippen LogP) is 3.87. The van der Waals surface area contributed by atoms with Gasteiger partial charge < -0.3 is 14.4 Å². The Morgan fingerprint density at radius 3 is 2.46 bits per heavy atom. The fraction of sp³-hybridized carbons (Fsp3) is 0.320. The lowest BCUT2D eigenvalue weighted by molar-refractivity contribution is -0.384. The van der Waals surface area contributed by atoms with E-state index in [4.69, 9.17) is 9.47 Å². The van der Waals surface area contributed by atoms with Crippen molar-refractivity contribution in [1.82, 2.24) is 14.7 Å². The van der Waals surface area contributed by atoms with Crippen LogP contribution in [0.2, 0.25) is 0 Å². The summed E-state index contributed by atoms with van der Waals surface area (Å²) in [7, 11) is 1.58. The molecule has 1 fully saturated rings. The van der Waals surface area contributed by atoms with Gasteiger partial charge in [0.1, 0.15) is 11.4 Å². The molecule has 4 rings (SSSR count). The van der Waals surface area contributed by atoms with Crippen molar-refractivity contribution >= 4 is 17.6 Å². The number of rotatable bonds is 7. The molecule has 0 bridgehead atoms. The minimum absolute atomic E-state index is 0.0994. The van der Waals surface area contributed by atoms with Gasteiger partial charge in [-0.2, -0.15) is 5.10 Å². The molecule has 1 aliphatic rings. The Hall–Kier alpha value is -4.21. The van der Waals surface area contributed by atoms with Crippen LogP contribution in [0.3, 0.4) is 0 Å². The molecule has 1 aliphatic heterocycles. The van der Waals surface area contributed by atoms with Crippen molar-refractivity contribution in [2.45, 2.75) is 19.8 Å². The van der Waals surface area contributed by atoms with Crippen LogP contribution in [0.4, 0.5) is 5.69 Å². The van der Waals surface area contributed by atoms with Gasteiger partial charge in [0.05, 0.1) is 35.9 Å². The van der Waals surface area contributed by atoms with E-state index >= 15 is 0 Å². The van der Waals surface area contributed by atoms with Crippen LogP contribution in [0.1, 0.15) is 30.3 Å². The minimum Gasteiger partial charge on any atom is -0.497 e. The summed E-state index contributed by atoms with van der Waals surface area (Å²) in [4.78, 5) is 38.1. The number of carbonyl (C=O) groups excluding carboxylic acids is 2. The molecule has 35 heavy (non-hydrogen) atoms. The first-order chi connectivity index (χ1) is 16.9. The zero-order chi connectivity index (χ0) is 24.9. The Kier molecular flexibility index (Phi) is 7.09. The normalized spacial score (nSPS) is 13.9. The van der Waals surface area contributed by atoms with E-state index < -0.39 is 4.92 Å². The second kappa shape index (κ2) is 10.4. The van der Waals surface area contributed by atoms with Gasteiger partial charge in [-0.25, -0.2) is 4.68 Å². The highest BCUT2D eigenvalue weighted by molar-refractivity contribution is 5.94. The van der Waals surface area contributed by atoms with E-state index in [1.807, 2.05) is 12.1 Å². The number of hydrogen-bond acceptors (Lipinski definition) is 7. The van der Waals surface area contributed by atoms with E-state index in [0.717, 1.165) is 5.56 Å². The third-order valence-electron chi connectivity index (χ3n) is 6.00. The molecule has 10 heteroatoms. The van der Waals surface area contributed by atoms with Gasteiger partial charge >= 0.3 is 5.97 Å². The molecule has 1 saturated heterocycles. The van der Waals surface area contributed by atoms with Gasteiger partial charge in [0.25, 0.3) is 11.6 Å². The van der Waals surface area contributed by atoms with Crippen molar-refractivity contribution in [2.75, 3.05) is 26.8 Å². The van der Waals surface area contributed by atoms with Crippen LogP contribution < -0.4 is 4.74 Å². The molecule has 2 aromatic carbocycles. The zero-order valence-corrected chi connectivity index (χ0v) is 19.5. The topological polar surface area (TPSA) is 117 Å². The molecule has 2 heterocycles. The Morgan fingerprint density at radius 2 is 1.83 bits per heavy atom. The molecule has 0 unspecified atom stereocenters. The van der Waals surface area contributed by atoms with E-state index in [1.54, 1.807) is 49.3 Å². The Morgan fingerprint density at radius 1 is 1.11 bits per heavy atom. The van der Waals surface area contributed by atoms with E-state index in [9.17, 15) is 19.7 Å². The Labute approximate surface area is 202 Å². The molecule has 0 radical (unpaired) electrons. The van der Waals surface area contributed by atoms with Crippen molar-refractivity contribution < 1.29 is 24.0 Å². The van der Waals surface area contributed by atoms with Crippen molar-refractivity contribution in [3.63, 3.8) is 0 Å². The zero-order valence-electron chi connectivity index (χ0n) is 19.5. The molecule has 10 nitrogen and oxygen atoms in total. The summed E-state index contributed by atoms with van der Waals surface area (Å²) in [5.74, 6) is -0.0303. The standard InChI is InChI=1S/C25H26N4O6/c1-3-35-25(31)18-11-13-27(14-12-18)24(30)23-16-22(17-7-9-21(34-2)10-8-17)26-28(23)19-5-4-6-20(15-19)29(32)33/h4-10,15-16,18H,3,11-14H2,1-2H3. The number of amides is 1. The Bertz CT molecular complexity index is 1230. The van der Waals surface area contributed by atoms with Crippen molar-refractivity contribution in [3.05, 3.63) is 70.4 Å². The first-order valence-electron chi connectivity index (χ1n) is 11.4. The summed E-state index contributed by atoms with van der Waals surface area (Å²) in [6, 6.07) is 14.9. The molecule has 0 spiro atoms. The van der Waals surface area contributed by atoms with Crippen molar-refractivity contribution in [2.24, 2.45) is 5.92 Å². The molecular formula is C25H26N4O6. The SMILES string of the molecule is CCOC(=O)C1CCN(C(=O)c2cc(-c3ccc(OC)cc3)nn2-c2cccc([N+](=O)[O-])c2)CC1. The van der Waals surface area contributed by atoms with Crippen molar-refractivity contribution in [3.8, 4) is 22.7 Å². The molecular weight excluding hydrogens is 452 g/mol. The van der Waals surface area contributed by atoms with Crippen LogP contribution in [-0.4, -0.2) is 58.3 Å². The number of methoxy groups -OCH3 is 1. The second-order valence-corrected chi connectivity index (χ2v) is 8.15. The van der Waals surface area contributed by atoms with E-state index in [2.05, 4.69) is 5.10 Å². The molecule has 0 atom stereocenters. The third-order valence-corrected chi connectivity index (χ3v) is 6.00. The number of ether oxygens (including phenoxy) is 2. The van der Waals surface area contributed by atoms with E-state index in [1.165, 1.54) is 16.8 Å². The summed E-state index contributed by atoms with van der Waals surface area (Å²) >= 11 is 0. The number of hydrogen-bond donors (Lipinski definition) is 0. The fourth-order valence-corrected chi connectivity index (χ4v) is 4.11. The number of esters is 1. The van der Waals surface area contributed by atoms with Crippen LogP contribution in [0.5, 0.6) is 5.75 Å². The van der Waals surface area contributed by atoms with Gasteiger partial charge in [0.15, 0.2) is 0 Å². The summed E-state index contributed by atoms with van der Waals surface area (Å²) in [5.41, 5.74) is 1.90. The monoisotopic (exact) mass is 478 g/mol. The van der Waals surface area contributed by atoms with Crippen LogP contribution in [0, 0.1) is 16.0 Å². The number of nitrogens with zero attached hydrogens (tertiary/aromatic N) is 4. The molecule has 3 aromatic rings. The number of benzene rings is 2. The maximum Gasteiger partial charge on any atom is 0.309 e. The maximum absolute atomic E-state index is 13.6. The molecule has 1 aromatic heterocycles. The number of nitro benzene ring substituents is 1. The number of piperidine rings is 1. The average Bonchev–Trinajstić information content (AvgIpc) is 3.34. The fourth-order valence-electron chi connectivity index (χ4n) is 4.11. The Balaban J connectivity index is 1.67. The van der Waals surface area contributed by atoms with Crippen LogP contribution in [0.25, 0.3) is 16.9 Å². The number of non-ortho nitro benzene ring substituents is 1. The lowest BCUT2D eigenvalue weighted by atomic mass is 9.97. The summed E-state index contributed by atoms with van der Waals surface area (Å²) in [6.45, 7) is 2.90. The van der Waals surface area contributed by atoms with Gasteiger partial charge in [0.2, 0.25) is 0 Å². The van der Waals surface area contributed by atoms with Crippen LogP contribution in [0.15, 0.2) is 54.6 Å². The number of carbonyl (C=O) groups is 2. The van der Waals surface area contributed by atoms with Gasteiger partial charge in [-0.15, -0.1) is 0 Å². The summed E-state index contributed by atoms with van der Waals surface area (Å²) in [5, 5.41) is 15.9. The van der Waals surface area contributed by atoms with Crippen molar-refractivity contribution in [1.29, 1.82) is 0 Å². The summed E-state index contributed by atoms with van der Waals surface area (Å²) in [6.07, 6.45) is 1.03. The first-order valence-corrected chi connectivity index (χ1v) is 11.4. The lowest BCUT2D eigenvalue weighted by Gasteiger charge is -2.30. The molecule has 1 amide bonds. The molecule has 0 N–H and O–H groups in total. The molecule has 0 aliphatic carbocycles. The smallest absolute Gasteiger partial charge is 0.309 e. The van der Waals surface area contributed by atoms with Gasteiger partial charge in [-0.3, -0.25) is 19.7 Å². The molecule has 0 saturated carbocycles. The van der Waals surface area contributed by atoms with E-state index in [0.29, 0.717) is 49.7 Å². The first kappa shape index (κ1) is 23.9. The number of likely N-dealkylation sites (tertiary alicyclic amines) is 1. The average molecular weight is 479 g/mol. The molecule has 182 valence electrons. The minimum atomic E-state index is -0.487. The highest BCUT2D eigenvalue weighted by Crippen LogP contribution is 2.27. The third kappa shape index (κ3) is 5.16. The number of nitro groups is 1. The highest BCUT2D eigenvalue weighted by atomic mass is 16.6. The second-order valence-electron chi connectivity index (χ2n) is 8.15. The van der Waals surface area contributed by atoms with Crippen LogP contribution in [-0.2, 0) is 9.53 Å². The maximum atomic E-state index is 13.6. The van der Waals surface area contributed by atoms with Crippen LogP contribution >= 0.6 is 0 Å².